The van der Waals surface area contributed by atoms with Gasteiger partial charge in [0.2, 0.25) is 5.88 Å². The van der Waals surface area contributed by atoms with Gasteiger partial charge in [0.05, 0.1) is 12.8 Å². The normalized spacial score (nSPS) is 16.6. The summed E-state index contributed by atoms with van der Waals surface area (Å²) >= 11 is 0. The smallest absolute Gasteiger partial charge is 0.333 e. The summed E-state index contributed by atoms with van der Waals surface area (Å²) in [6.07, 6.45) is 5.72. The van der Waals surface area contributed by atoms with Crippen molar-refractivity contribution in [2.24, 2.45) is 0 Å². The fourth-order valence-corrected chi connectivity index (χ4v) is 5.97. The SMILES string of the molecule is COc1cc(-c2c(C)cc3c(c2NC(=O)NS(=O)(=O)c2ccn(C4CC(=C(F)F)C4)c2)CCC3)ccn1. The number of aryl methyl sites for hydroxylation is 2. The van der Waals surface area contributed by atoms with E-state index in [0.717, 1.165) is 47.1 Å². The third-order valence-electron chi connectivity index (χ3n) is 6.95. The molecule has 3 aromatic rings. The van der Waals surface area contributed by atoms with Crippen molar-refractivity contribution in [3.8, 4) is 17.0 Å². The number of carbonyl (C=O) groups is 1. The highest BCUT2D eigenvalue weighted by Gasteiger charge is 2.30. The van der Waals surface area contributed by atoms with Gasteiger partial charge in [-0.05, 0) is 79.0 Å². The van der Waals surface area contributed by atoms with E-state index in [4.69, 9.17) is 4.74 Å². The third kappa shape index (κ3) is 4.83. The van der Waals surface area contributed by atoms with Crippen LogP contribution in [0.1, 0.15) is 42.0 Å². The first-order chi connectivity index (χ1) is 17.7. The van der Waals surface area contributed by atoms with Crippen molar-refractivity contribution in [1.82, 2.24) is 14.3 Å². The zero-order valence-electron chi connectivity index (χ0n) is 20.3. The Balaban J connectivity index is 1.40. The number of ether oxygens (including phenoxy) is 1. The first kappa shape index (κ1) is 24.9. The second-order valence-corrected chi connectivity index (χ2v) is 11.0. The van der Waals surface area contributed by atoms with Gasteiger partial charge >= 0.3 is 6.03 Å². The van der Waals surface area contributed by atoms with Crippen molar-refractivity contribution in [2.75, 3.05) is 12.4 Å². The van der Waals surface area contributed by atoms with Crippen LogP contribution in [0.4, 0.5) is 19.3 Å². The molecule has 2 heterocycles. The minimum Gasteiger partial charge on any atom is -0.481 e. The molecular formula is C26H26F2N4O4S. The van der Waals surface area contributed by atoms with Gasteiger partial charge in [-0.15, -0.1) is 0 Å². The lowest BCUT2D eigenvalue weighted by Gasteiger charge is -2.29. The Morgan fingerprint density at radius 3 is 2.70 bits per heavy atom. The first-order valence-corrected chi connectivity index (χ1v) is 13.3. The number of nitrogens with one attached hydrogen (secondary N) is 2. The number of hydrogen-bond donors (Lipinski definition) is 2. The van der Waals surface area contributed by atoms with Crippen molar-refractivity contribution < 1.29 is 26.7 Å². The molecule has 2 N–H and O–H groups in total. The summed E-state index contributed by atoms with van der Waals surface area (Å²) in [4.78, 5) is 17.0. The number of sulfonamides is 1. The Labute approximate surface area is 213 Å². The molecule has 0 aliphatic heterocycles. The van der Waals surface area contributed by atoms with Gasteiger partial charge < -0.3 is 14.6 Å². The van der Waals surface area contributed by atoms with Crippen molar-refractivity contribution in [2.45, 2.75) is 50.0 Å². The van der Waals surface area contributed by atoms with E-state index in [-0.39, 0.29) is 29.4 Å². The Bertz CT molecular complexity index is 1520. The lowest BCUT2D eigenvalue weighted by molar-refractivity contribution is 0.256. The summed E-state index contributed by atoms with van der Waals surface area (Å²) in [6, 6.07) is 5.91. The number of methoxy groups -OCH3 is 1. The zero-order chi connectivity index (χ0) is 26.3. The van der Waals surface area contributed by atoms with Crippen LogP contribution >= 0.6 is 0 Å². The third-order valence-corrected chi connectivity index (χ3v) is 8.26. The van der Waals surface area contributed by atoms with Crippen molar-refractivity contribution in [1.29, 1.82) is 0 Å². The van der Waals surface area contributed by atoms with Crippen molar-refractivity contribution in [3.05, 3.63) is 71.2 Å². The van der Waals surface area contributed by atoms with Crippen LogP contribution in [-0.2, 0) is 22.9 Å². The number of rotatable bonds is 6. The van der Waals surface area contributed by atoms with E-state index in [1.54, 1.807) is 16.8 Å². The van der Waals surface area contributed by atoms with Gasteiger partial charge in [-0.25, -0.2) is 22.9 Å². The van der Waals surface area contributed by atoms with Crippen LogP contribution in [0.25, 0.3) is 11.1 Å². The summed E-state index contributed by atoms with van der Waals surface area (Å²) < 4.78 is 60.2. The largest absolute Gasteiger partial charge is 0.481 e. The van der Waals surface area contributed by atoms with Gasteiger partial charge in [0.1, 0.15) is 4.90 Å². The van der Waals surface area contributed by atoms with E-state index in [1.165, 1.54) is 25.6 Å². The Morgan fingerprint density at radius 1 is 1.19 bits per heavy atom. The molecule has 1 saturated carbocycles. The molecule has 1 fully saturated rings. The number of pyridine rings is 1. The molecule has 2 aliphatic rings. The highest BCUT2D eigenvalue weighted by molar-refractivity contribution is 7.90. The first-order valence-electron chi connectivity index (χ1n) is 11.9. The van der Waals surface area contributed by atoms with E-state index in [0.29, 0.717) is 11.6 Å². The summed E-state index contributed by atoms with van der Waals surface area (Å²) in [7, 11) is -2.67. The second-order valence-electron chi connectivity index (χ2n) is 9.30. The highest BCUT2D eigenvalue weighted by atomic mass is 32.2. The standard InChI is InChI=1S/C26H26F2N4O4S/c1-15-10-16-4-3-5-21(16)24(23(15)17-6-8-29-22(13-17)36-2)30-26(33)31-37(34,35)20-7-9-32(14-20)19-11-18(12-19)25(27)28/h6-10,13-14,19H,3-5,11-12H2,1-2H3,(H2,30,31,33). The molecule has 0 radical (unpaired) electrons. The average molecular weight is 529 g/mol. The topological polar surface area (TPSA) is 102 Å². The Kier molecular flexibility index (Phi) is 6.49. The fourth-order valence-electron chi connectivity index (χ4n) is 5.05. The van der Waals surface area contributed by atoms with Crippen molar-refractivity contribution >= 4 is 21.7 Å². The number of anilines is 1. The highest BCUT2D eigenvalue weighted by Crippen LogP contribution is 2.41. The number of carbonyl (C=O) groups excluding carboxylic acids is 1. The van der Waals surface area contributed by atoms with E-state index in [2.05, 4.69) is 21.1 Å². The molecule has 11 heteroatoms. The van der Waals surface area contributed by atoms with E-state index in [9.17, 15) is 22.0 Å². The summed E-state index contributed by atoms with van der Waals surface area (Å²) in [5.74, 6) is 0.420. The Hall–Kier alpha value is -3.73. The molecule has 0 saturated heterocycles. The monoisotopic (exact) mass is 528 g/mol. The molecule has 1 aromatic carbocycles. The quantitative estimate of drug-likeness (QED) is 0.449. The number of nitrogens with zero attached hydrogens (tertiary/aromatic N) is 2. The van der Waals surface area contributed by atoms with Crippen LogP contribution in [0.5, 0.6) is 5.88 Å². The predicted molar refractivity (Wildman–Crippen MR) is 134 cm³/mol. The average Bonchev–Trinajstić information content (AvgIpc) is 3.48. The minimum absolute atomic E-state index is 0.0777. The van der Waals surface area contributed by atoms with Gasteiger partial charge in [0.15, 0.2) is 0 Å². The molecule has 0 atom stereocenters. The lowest BCUT2D eigenvalue weighted by atomic mass is 9.87. The lowest BCUT2D eigenvalue weighted by Crippen LogP contribution is -2.34. The minimum atomic E-state index is -4.19. The number of urea groups is 1. The van der Waals surface area contributed by atoms with Gasteiger partial charge in [-0.1, -0.05) is 6.07 Å². The molecule has 8 nitrogen and oxygen atoms in total. The molecule has 5 rings (SSSR count). The molecule has 0 bridgehead atoms. The predicted octanol–water partition coefficient (Wildman–Crippen LogP) is 5.35. The van der Waals surface area contributed by atoms with Crippen LogP contribution in [0, 0.1) is 6.92 Å². The van der Waals surface area contributed by atoms with Gasteiger partial charge in [-0.2, -0.15) is 8.78 Å². The molecule has 37 heavy (non-hydrogen) atoms. The maximum atomic E-state index is 13.0. The van der Waals surface area contributed by atoms with E-state index < -0.39 is 22.1 Å². The molecule has 2 amide bonds. The molecule has 0 unspecified atom stereocenters. The van der Waals surface area contributed by atoms with Crippen LogP contribution in [-0.4, -0.2) is 31.1 Å². The number of amides is 2. The number of benzene rings is 1. The summed E-state index contributed by atoms with van der Waals surface area (Å²) in [6.45, 7) is 1.94. The van der Waals surface area contributed by atoms with Crippen molar-refractivity contribution in [3.63, 3.8) is 0 Å². The van der Waals surface area contributed by atoms with E-state index in [1.807, 2.05) is 13.0 Å². The number of allylic oxidation sites excluding steroid dienone is 1. The molecule has 2 aromatic heterocycles. The number of aromatic nitrogens is 2. The number of halogens is 2. The van der Waals surface area contributed by atoms with Crippen LogP contribution in [0.15, 0.2) is 59.4 Å². The van der Waals surface area contributed by atoms with Crippen LogP contribution in [0.2, 0.25) is 0 Å². The molecule has 2 aliphatic carbocycles. The molecule has 0 spiro atoms. The van der Waals surface area contributed by atoms with Gasteiger partial charge in [-0.3, -0.25) is 0 Å². The number of hydrogen-bond acceptors (Lipinski definition) is 5. The molecule has 194 valence electrons. The second kappa shape index (κ2) is 9.62. The Morgan fingerprint density at radius 2 is 1.97 bits per heavy atom. The number of fused-ring (bicyclic) bond motifs is 1. The van der Waals surface area contributed by atoms with Gasteiger partial charge in [0.25, 0.3) is 16.1 Å². The summed E-state index contributed by atoms with van der Waals surface area (Å²) in [5.41, 5.74) is 5.23. The maximum absolute atomic E-state index is 13.0. The van der Waals surface area contributed by atoms with Crippen LogP contribution < -0.4 is 14.8 Å². The zero-order valence-corrected chi connectivity index (χ0v) is 21.2. The van der Waals surface area contributed by atoms with Crippen LogP contribution in [0.3, 0.4) is 0 Å². The maximum Gasteiger partial charge on any atom is 0.333 e. The fraction of sp³-hybridized carbons (Fsp3) is 0.308. The molecular weight excluding hydrogens is 502 g/mol. The van der Waals surface area contributed by atoms with E-state index >= 15 is 0 Å². The van der Waals surface area contributed by atoms with Gasteiger partial charge in [0, 0.05) is 36.3 Å². The summed E-state index contributed by atoms with van der Waals surface area (Å²) in [5, 5.41) is 2.80.